The molecule has 20 heavy (non-hydrogen) atoms. The van der Waals surface area contributed by atoms with Gasteiger partial charge in [-0.2, -0.15) is 0 Å². The summed E-state index contributed by atoms with van der Waals surface area (Å²) in [6.07, 6.45) is 0.577. The molecule has 0 fully saturated rings. The van der Waals surface area contributed by atoms with Crippen LogP contribution in [0.4, 0.5) is 0 Å². The molecule has 2 amide bonds. The normalized spacial score (nSPS) is 12.1. The molecule has 0 bridgehead atoms. The summed E-state index contributed by atoms with van der Waals surface area (Å²) >= 11 is 9.20. The summed E-state index contributed by atoms with van der Waals surface area (Å²) in [5.74, 6) is -0.223. The number of nitrogens with one attached hydrogen (secondary N) is 2. The minimum absolute atomic E-state index is 0.201. The molecule has 6 heteroatoms. The lowest BCUT2D eigenvalue weighted by molar-refractivity contribution is -0.122. The zero-order valence-corrected chi connectivity index (χ0v) is 14.0. The second kappa shape index (κ2) is 7.64. The molecule has 0 aliphatic carbocycles. The van der Waals surface area contributed by atoms with Gasteiger partial charge in [0.2, 0.25) is 5.91 Å². The summed E-state index contributed by atoms with van der Waals surface area (Å²) in [5.41, 5.74) is 0.419. The Balaban J connectivity index is 2.87. The Bertz CT molecular complexity index is 486. The molecule has 0 aromatic heterocycles. The van der Waals surface area contributed by atoms with Crippen LogP contribution in [0.5, 0.6) is 0 Å². The van der Waals surface area contributed by atoms with Crippen molar-refractivity contribution in [3.05, 3.63) is 33.3 Å². The second-order valence-corrected chi connectivity index (χ2v) is 6.28. The van der Waals surface area contributed by atoms with Gasteiger partial charge in [0.25, 0.3) is 5.91 Å². The van der Waals surface area contributed by atoms with E-state index in [0.29, 0.717) is 22.9 Å². The van der Waals surface area contributed by atoms with Crippen LogP contribution in [0.2, 0.25) is 5.02 Å². The Morgan fingerprint density at radius 1 is 1.30 bits per heavy atom. The quantitative estimate of drug-likeness (QED) is 0.847. The predicted molar refractivity (Wildman–Crippen MR) is 83.9 cm³/mol. The molecule has 0 saturated heterocycles. The molecule has 0 radical (unpaired) electrons. The summed E-state index contributed by atoms with van der Waals surface area (Å²) in [4.78, 5) is 24.0. The van der Waals surface area contributed by atoms with Crippen LogP contribution in [0, 0.1) is 5.92 Å². The van der Waals surface area contributed by atoms with Gasteiger partial charge < -0.3 is 10.6 Å². The van der Waals surface area contributed by atoms with E-state index < -0.39 is 6.04 Å². The Labute approximate surface area is 132 Å². The zero-order chi connectivity index (χ0) is 15.3. The molecule has 4 nitrogen and oxygen atoms in total. The van der Waals surface area contributed by atoms with Crippen LogP contribution in [0.25, 0.3) is 0 Å². The average molecular weight is 362 g/mol. The van der Waals surface area contributed by atoms with Crippen LogP contribution in [0.15, 0.2) is 22.7 Å². The molecular weight excluding hydrogens is 344 g/mol. The van der Waals surface area contributed by atoms with Crippen molar-refractivity contribution in [1.82, 2.24) is 10.6 Å². The third-order valence-electron chi connectivity index (χ3n) is 2.70. The number of carbonyl (C=O) groups excluding carboxylic acids is 2. The lowest BCUT2D eigenvalue weighted by Crippen LogP contribution is -2.46. The van der Waals surface area contributed by atoms with Crippen LogP contribution in [-0.4, -0.2) is 24.9 Å². The third kappa shape index (κ3) is 5.13. The van der Waals surface area contributed by atoms with Crippen molar-refractivity contribution < 1.29 is 9.59 Å². The molecule has 0 spiro atoms. The van der Waals surface area contributed by atoms with Gasteiger partial charge in [-0.25, -0.2) is 0 Å². The minimum atomic E-state index is -0.551. The van der Waals surface area contributed by atoms with Crippen molar-refractivity contribution in [2.24, 2.45) is 5.92 Å². The Morgan fingerprint density at radius 2 is 1.95 bits per heavy atom. The number of rotatable bonds is 5. The van der Waals surface area contributed by atoms with Gasteiger partial charge in [0.05, 0.1) is 0 Å². The number of halogens is 2. The van der Waals surface area contributed by atoms with Crippen molar-refractivity contribution >= 4 is 39.3 Å². The van der Waals surface area contributed by atoms with E-state index in [-0.39, 0.29) is 11.8 Å². The monoisotopic (exact) mass is 360 g/mol. The highest BCUT2D eigenvalue weighted by atomic mass is 79.9. The van der Waals surface area contributed by atoms with Gasteiger partial charge >= 0.3 is 0 Å². The van der Waals surface area contributed by atoms with Gasteiger partial charge in [-0.1, -0.05) is 41.4 Å². The Kier molecular flexibility index (Phi) is 6.49. The van der Waals surface area contributed by atoms with Crippen LogP contribution < -0.4 is 10.6 Å². The standard InChI is InChI=1S/C14H18BrClN2O2/c1-8(2)4-12(14(20)17-3)18-13(19)9-5-10(15)7-11(16)6-9/h5-8,12H,4H2,1-3H3,(H,17,20)(H,18,19). The average Bonchev–Trinajstić information content (AvgIpc) is 2.35. The molecule has 0 aliphatic rings. The Hall–Kier alpha value is -1.07. The van der Waals surface area contributed by atoms with Crippen molar-refractivity contribution in [2.75, 3.05) is 7.05 Å². The first-order valence-electron chi connectivity index (χ1n) is 6.32. The highest BCUT2D eigenvalue weighted by molar-refractivity contribution is 9.10. The lowest BCUT2D eigenvalue weighted by Gasteiger charge is -2.19. The molecule has 1 unspecified atom stereocenters. The van der Waals surface area contributed by atoms with Crippen LogP contribution in [-0.2, 0) is 4.79 Å². The number of amides is 2. The molecule has 0 aliphatic heterocycles. The first kappa shape index (κ1) is 17.0. The second-order valence-electron chi connectivity index (χ2n) is 4.93. The van der Waals surface area contributed by atoms with Crippen LogP contribution >= 0.6 is 27.5 Å². The zero-order valence-electron chi connectivity index (χ0n) is 11.7. The van der Waals surface area contributed by atoms with E-state index in [4.69, 9.17) is 11.6 Å². The van der Waals surface area contributed by atoms with E-state index in [1.807, 2.05) is 13.8 Å². The maximum absolute atomic E-state index is 12.2. The van der Waals surface area contributed by atoms with E-state index in [9.17, 15) is 9.59 Å². The predicted octanol–water partition coefficient (Wildman–Crippen LogP) is 2.99. The van der Waals surface area contributed by atoms with Crippen molar-refractivity contribution in [3.63, 3.8) is 0 Å². The van der Waals surface area contributed by atoms with E-state index in [1.54, 1.807) is 25.2 Å². The topological polar surface area (TPSA) is 58.2 Å². The molecule has 1 aromatic rings. The number of hydrogen-bond acceptors (Lipinski definition) is 2. The summed E-state index contributed by atoms with van der Waals surface area (Å²) in [6.45, 7) is 4.00. The summed E-state index contributed by atoms with van der Waals surface area (Å²) in [6, 6.07) is 4.38. The molecule has 1 rings (SSSR count). The van der Waals surface area contributed by atoms with Crippen LogP contribution in [0.3, 0.4) is 0 Å². The molecule has 2 N–H and O–H groups in total. The highest BCUT2D eigenvalue weighted by Gasteiger charge is 2.21. The lowest BCUT2D eigenvalue weighted by atomic mass is 10.0. The molecule has 0 heterocycles. The number of likely N-dealkylation sites (N-methyl/N-ethyl adjacent to an activating group) is 1. The largest absolute Gasteiger partial charge is 0.357 e. The summed E-state index contributed by atoms with van der Waals surface area (Å²) in [5, 5.41) is 5.76. The Morgan fingerprint density at radius 3 is 2.45 bits per heavy atom. The van der Waals surface area contributed by atoms with E-state index >= 15 is 0 Å². The van der Waals surface area contributed by atoms with E-state index in [0.717, 1.165) is 4.47 Å². The summed E-state index contributed by atoms with van der Waals surface area (Å²) < 4.78 is 0.718. The van der Waals surface area contributed by atoms with Gasteiger partial charge in [0.1, 0.15) is 6.04 Å². The van der Waals surface area contributed by atoms with E-state index in [1.165, 1.54) is 0 Å². The highest BCUT2D eigenvalue weighted by Crippen LogP contribution is 2.19. The van der Waals surface area contributed by atoms with Gasteiger partial charge in [0, 0.05) is 22.1 Å². The third-order valence-corrected chi connectivity index (χ3v) is 3.38. The summed E-state index contributed by atoms with van der Waals surface area (Å²) in [7, 11) is 1.55. The fraction of sp³-hybridized carbons (Fsp3) is 0.429. The van der Waals surface area contributed by atoms with E-state index in [2.05, 4.69) is 26.6 Å². The molecule has 110 valence electrons. The van der Waals surface area contributed by atoms with Crippen molar-refractivity contribution in [1.29, 1.82) is 0 Å². The maximum atomic E-state index is 12.2. The first-order valence-corrected chi connectivity index (χ1v) is 7.49. The molecular formula is C14H18BrClN2O2. The fourth-order valence-electron chi connectivity index (χ4n) is 1.80. The molecule has 1 atom stereocenters. The van der Waals surface area contributed by atoms with Crippen molar-refractivity contribution in [3.8, 4) is 0 Å². The minimum Gasteiger partial charge on any atom is -0.357 e. The SMILES string of the molecule is CNC(=O)C(CC(C)C)NC(=O)c1cc(Cl)cc(Br)c1. The smallest absolute Gasteiger partial charge is 0.252 e. The maximum Gasteiger partial charge on any atom is 0.252 e. The van der Waals surface area contributed by atoms with Gasteiger partial charge in [-0.3, -0.25) is 9.59 Å². The van der Waals surface area contributed by atoms with Crippen molar-refractivity contribution in [2.45, 2.75) is 26.3 Å². The van der Waals surface area contributed by atoms with Gasteiger partial charge in [0.15, 0.2) is 0 Å². The number of carbonyl (C=O) groups is 2. The molecule has 0 saturated carbocycles. The van der Waals surface area contributed by atoms with Gasteiger partial charge in [-0.05, 0) is 30.5 Å². The fourth-order valence-corrected chi connectivity index (χ4v) is 2.66. The molecule has 1 aromatic carbocycles. The van der Waals surface area contributed by atoms with Crippen LogP contribution in [0.1, 0.15) is 30.6 Å². The van der Waals surface area contributed by atoms with Gasteiger partial charge in [-0.15, -0.1) is 0 Å². The first-order chi connectivity index (χ1) is 9.33. The number of hydrogen-bond donors (Lipinski definition) is 2. The number of benzene rings is 1.